The molecule has 1 aromatic rings. The second-order valence-electron chi connectivity index (χ2n) is 6.55. The molecule has 0 saturated carbocycles. The molecular weight excluding hydrogens is 325 g/mol. The molecule has 1 atom stereocenters. The summed E-state index contributed by atoms with van der Waals surface area (Å²) in [6.45, 7) is 6.06. The van der Waals surface area contributed by atoms with Crippen molar-refractivity contribution in [2.45, 2.75) is 37.9 Å². The van der Waals surface area contributed by atoms with E-state index in [-0.39, 0.29) is 11.7 Å². The van der Waals surface area contributed by atoms with Gasteiger partial charge in [0.1, 0.15) is 5.60 Å². The van der Waals surface area contributed by atoms with Crippen molar-refractivity contribution >= 4 is 15.9 Å². The van der Waals surface area contributed by atoms with Crippen LogP contribution < -0.4 is 0 Å². The van der Waals surface area contributed by atoms with Gasteiger partial charge in [0, 0.05) is 13.1 Å². The second kappa shape index (κ2) is 6.38. The molecule has 128 valence electrons. The molecule has 1 aromatic heterocycles. The predicted molar refractivity (Wildman–Crippen MR) is 80.0 cm³/mol. The maximum absolute atomic E-state index is 12.8. The van der Waals surface area contributed by atoms with E-state index in [0.717, 1.165) is 12.4 Å². The molecule has 23 heavy (non-hydrogen) atoms. The van der Waals surface area contributed by atoms with Crippen molar-refractivity contribution in [3.8, 4) is 0 Å². The van der Waals surface area contributed by atoms with Gasteiger partial charge >= 0.3 is 6.09 Å². The maximum Gasteiger partial charge on any atom is 0.410 e. The summed E-state index contributed by atoms with van der Waals surface area (Å²) >= 11 is 0. The summed E-state index contributed by atoms with van der Waals surface area (Å²) in [6.07, 6.45) is 1.75. The van der Waals surface area contributed by atoms with E-state index in [1.807, 2.05) is 0 Å². The zero-order valence-electron chi connectivity index (χ0n) is 13.3. The largest absolute Gasteiger partial charge is 0.444 e. The Morgan fingerprint density at radius 1 is 1.39 bits per heavy atom. The zero-order chi connectivity index (χ0) is 17.3. The highest BCUT2D eigenvalue weighted by Crippen LogP contribution is 2.22. The molecule has 0 radical (unpaired) electrons. The summed E-state index contributed by atoms with van der Waals surface area (Å²) in [5.74, 6) is -1.10. The van der Waals surface area contributed by atoms with Crippen LogP contribution in [0.15, 0.2) is 17.6 Å². The van der Waals surface area contributed by atoms with E-state index < -0.39 is 32.5 Å². The molecule has 1 unspecified atom stereocenters. The lowest BCUT2D eigenvalue weighted by Crippen LogP contribution is -2.35. The highest BCUT2D eigenvalue weighted by molar-refractivity contribution is 7.91. The molecule has 9 heteroatoms. The Morgan fingerprint density at radius 3 is 2.57 bits per heavy atom. The molecule has 1 fully saturated rings. The first-order valence-corrected chi connectivity index (χ1v) is 8.90. The van der Waals surface area contributed by atoms with Crippen molar-refractivity contribution in [2.24, 2.45) is 5.92 Å². The third-order valence-corrected chi connectivity index (χ3v) is 4.94. The normalized spacial score (nSPS) is 19.0. The van der Waals surface area contributed by atoms with Crippen LogP contribution in [0.3, 0.4) is 0 Å². The Labute approximate surface area is 134 Å². The fourth-order valence-electron chi connectivity index (χ4n) is 2.31. The maximum atomic E-state index is 12.8. The van der Waals surface area contributed by atoms with E-state index in [0.29, 0.717) is 19.5 Å². The van der Waals surface area contributed by atoms with E-state index in [9.17, 15) is 17.6 Å². The number of ether oxygens (including phenoxy) is 1. The number of sulfone groups is 1. The van der Waals surface area contributed by atoms with Gasteiger partial charge in [-0.2, -0.15) is 0 Å². The van der Waals surface area contributed by atoms with E-state index in [1.54, 1.807) is 20.8 Å². The van der Waals surface area contributed by atoms with Crippen LogP contribution in [0.2, 0.25) is 0 Å². The zero-order valence-corrected chi connectivity index (χ0v) is 14.1. The van der Waals surface area contributed by atoms with Gasteiger partial charge in [0.15, 0.2) is 5.82 Å². The van der Waals surface area contributed by atoms with Crippen LogP contribution in [0.4, 0.5) is 9.18 Å². The molecular formula is C14H20FN3O4S. The summed E-state index contributed by atoms with van der Waals surface area (Å²) in [4.78, 5) is 20.5. The summed E-state index contributed by atoms with van der Waals surface area (Å²) in [5, 5.41) is -0.394. The number of hydrogen-bond acceptors (Lipinski definition) is 6. The Hall–Kier alpha value is -1.77. The van der Waals surface area contributed by atoms with Crippen LogP contribution >= 0.6 is 0 Å². The molecule has 0 bridgehead atoms. The van der Waals surface area contributed by atoms with E-state index >= 15 is 0 Å². The fourth-order valence-corrected chi connectivity index (χ4v) is 3.78. The van der Waals surface area contributed by atoms with Crippen LogP contribution in [-0.2, 0) is 14.6 Å². The number of likely N-dealkylation sites (tertiary alicyclic amines) is 1. The van der Waals surface area contributed by atoms with Gasteiger partial charge in [0.2, 0.25) is 15.0 Å². The SMILES string of the molecule is CC(C)(C)OC(=O)N1CCC(CS(=O)(=O)c2ncc(F)cn2)C1. The minimum Gasteiger partial charge on any atom is -0.444 e. The molecule has 2 rings (SSSR count). The number of carbonyl (C=O) groups is 1. The van der Waals surface area contributed by atoms with Crippen molar-refractivity contribution < 1.29 is 22.3 Å². The molecule has 0 aliphatic carbocycles. The standard InChI is InChI=1S/C14H20FN3O4S/c1-14(2,3)22-13(19)18-5-4-10(8-18)9-23(20,21)12-16-6-11(15)7-17-12/h6-7,10H,4-5,8-9H2,1-3H3. The van der Waals surface area contributed by atoms with Gasteiger partial charge in [0.05, 0.1) is 18.1 Å². The highest BCUT2D eigenvalue weighted by Gasteiger charge is 2.33. The minimum atomic E-state index is -3.71. The van der Waals surface area contributed by atoms with Gasteiger partial charge in [-0.05, 0) is 33.1 Å². The van der Waals surface area contributed by atoms with Crippen LogP contribution in [0.1, 0.15) is 27.2 Å². The summed E-state index contributed by atoms with van der Waals surface area (Å²) in [6, 6.07) is 0. The summed E-state index contributed by atoms with van der Waals surface area (Å²) in [5.41, 5.74) is -0.594. The Morgan fingerprint density at radius 2 is 2.00 bits per heavy atom. The van der Waals surface area contributed by atoms with E-state index in [1.165, 1.54) is 4.90 Å². The number of rotatable bonds is 3. The number of aromatic nitrogens is 2. The van der Waals surface area contributed by atoms with Crippen molar-refractivity contribution in [1.82, 2.24) is 14.9 Å². The molecule has 2 heterocycles. The monoisotopic (exact) mass is 345 g/mol. The first kappa shape index (κ1) is 17.6. The molecule has 7 nitrogen and oxygen atoms in total. The second-order valence-corrected chi connectivity index (χ2v) is 8.47. The summed E-state index contributed by atoms with van der Waals surface area (Å²) < 4.78 is 42.5. The van der Waals surface area contributed by atoms with E-state index in [2.05, 4.69) is 9.97 Å². The van der Waals surface area contributed by atoms with Crippen LogP contribution in [0, 0.1) is 11.7 Å². The van der Waals surface area contributed by atoms with E-state index in [4.69, 9.17) is 4.74 Å². The lowest BCUT2D eigenvalue weighted by Gasteiger charge is -2.24. The van der Waals surface area contributed by atoms with Gasteiger partial charge in [-0.25, -0.2) is 27.6 Å². The molecule has 0 aromatic carbocycles. The Kier molecular flexibility index (Phi) is 4.88. The van der Waals surface area contributed by atoms with Gasteiger partial charge < -0.3 is 9.64 Å². The number of nitrogens with zero attached hydrogens (tertiary/aromatic N) is 3. The smallest absolute Gasteiger partial charge is 0.410 e. The number of halogens is 1. The number of hydrogen-bond donors (Lipinski definition) is 0. The quantitative estimate of drug-likeness (QED) is 0.774. The molecule has 1 saturated heterocycles. The fraction of sp³-hybridized carbons (Fsp3) is 0.643. The molecule has 1 amide bonds. The third kappa shape index (κ3) is 4.85. The van der Waals surface area contributed by atoms with Crippen LogP contribution in [0.25, 0.3) is 0 Å². The van der Waals surface area contributed by atoms with Crippen molar-refractivity contribution in [3.63, 3.8) is 0 Å². The first-order chi connectivity index (χ1) is 10.6. The Bertz CT molecular complexity index is 670. The van der Waals surface area contributed by atoms with Gasteiger partial charge in [-0.1, -0.05) is 0 Å². The van der Waals surface area contributed by atoms with Crippen LogP contribution in [-0.4, -0.2) is 53.8 Å². The average Bonchev–Trinajstić information content (AvgIpc) is 2.85. The minimum absolute atomic E-state index is 0.183. The molecule has 0 spiro atoms. The lowest BCUT2D eigenvalue weighted by molar-refractivity contribution is 0.0289. The molecule has 1 aliphatic rings. The average molecular weight is 345 g/mol. The van der Waals surface area contributed by atoms with Gasteiger partial charge in [-0.3, -0.25) is 0 Å². The predicted octanol–water partition coefficient (Wildman–Crippen LogP) is 1.65. The molecule has 0 N–H and O–H groups in total. The van der Waals surface area contributed by atoms with Gasteiger partial charge in [0.25, 0.3) is 0 Å². The van der Waals surface area contributed by atoms with Crippen molar-refractivity contribution in [1.29, 1.82) is 0 Å². The summed E-state index contributed by atoms with van der Waals surface area (Å²) in [7, 11) is -3.71. The third-order valence-electron chi connectivity index (χ3n) is 3.27. The topological polar surface area (TPSA) is 89.5 Å². The Balaban J connectivity index is 1.97. The van der Waals surface area contributed by atoms with Gasteiger partial charge in [-0.15, -0.1) is 0 Å². The lowest BCUT2D eigenvalue weighted by atomic mass is 10.2. The number of amides is 1. The highest BCUT2D eigenvalue weighted by atomic mass is 32.2. The van der Waals surface area contributed by atoms with Crippen molar-refractivity contribution in [3.05, 3.63) is 18.2 Å². The van der Waals surface area contributed by atoms with Crippen molar-refractivity contribution in [2.75, 3.05) is 18.8 Å². The first-order valence-electron chi connectivity index (χ1n) is 7.25. The van der Waals surface area contributed by atoms with Crippen LogP contribution in [0.5, 0.6) is 0 Å². The molecule has 1 aliphatic heterocycles. The number of carbonyl (C=O) groups excluding carboxylic acids is 1.